The number of benzene rings is 1. The van der Waals surface area contributed by atoms with Crippen molar-refractivity contribution < 1.29 is 23.4 Å². The maximum absolute atomic E-state index is 15.6. The molecule has 2 heterocycles. The average molecular weight is 445 g/mol. The van der Waals surface area contributed by atoms with Gasteiger partial charge in [0.2, 0.25) is 5.43 Å². The number of alkyl halides is 1. The molecule has 1 spiro atoms. The van der Waals surface area contributed by atoms with Crippen LogP contribution in [0.2, 0.25) is 0 Å². The van der Waals surface area contributed by atoms with E-state index in [0.717, 1.165) is 18.9 Å². The Balaban J connectivity index is 1.58. The Bertz CT molecular complexity index is 1250. The van der Waals surface area contributed by atoms with Crippen LogP contribution in [0.4, 0.5) is 14.5 Å². The lowest BCUT2D eigenvalue weighted by molar-refractivity contribution is 0.0694. The maximum Gasteiger partial charge on any atom is 0.341 e. The van der Waals surface area contributed by atoms with Crippen LogP contribution in [-0.4, -0.2) is 54.6 Å². The number of methoxy groups -OCH3 is 1. The highest BCUT2D eigenvalue weighted by atomic mass is 19.1. The van der Waals surface area contributed by atoms with Crippen molar-refractivity contribution in [2.45, 2.75) is 43.4 Å². The predicted molar refractivity (Wildman–Crippen MR) is 114 cm³/mol. The fourth-order valence-electron chi connectivity index (χ4n) is 6.71. The van der Waals surface area contributed by atoms with Gasteiger partial charge < -0.3 is 24.6 Å². The number of halogens is 2. The van der Waals surface area contributed by atoms with Gasteiger partial charge in [-0.15, -0.1) is 0 Å². The summed E-state index contributed by atoms with van der Waals surface area (Å²) in [6, 6.07) is 0.493. The van der Waals surface area contributed by atoms with Crippen LogP contribution in [0.5, 0.6) is 5.75 Å². The molecule has 3 aliphatic carbocycles. The van der Waals surface area contributed by atoms with Crippen LogP contribution in [0.15, 0.2) is 17.1 Å². The number of anilines is 1. The van der Waals surface area contributed by atoms with Gasteiger partial charge in [-0.2, -0.15) is 0 Å². The minimum atomic E-state index is -1.42. The summed E-state index contributed by atoms with van der Waals surface area (Å²) in [5.74, 6) is -1.27. The molecular weight excluding hydrogens is 420 g/mol. The van der Waals surface area contributed by atoms with Crippen LogP contribution in [0, 0.1) is 17.2 Å². The normalized spacial score (nSPS) is 34.5. The number of carboxylic acid groups (broad SMARTS) is 1. The van der Waals surface area contributed by atoms with Crippen LogP contribution < -0.4 is 20.4 Å². The number of aromatic carboxylic acids is 1. The molecule has 170 valence electrons. The van der Waals surface area contributed by atoms with Gasteiger partial charge in [-0.05, 0) is 38.3 Å². The summed E-state index contributed by atoms with van der Waals surface area (Å²) in [5.41, 5.74) is -0.760. The Hall–Kier alpha value is -2.68. The molecule has 1 aromatic carbocycles. The second kappa shape index (κ2) is 6.21. The smallest absolute Gasteiger partial charge is 0.341 e. The van der Waals surface area contributed by atoms with Crippen LogP contribution in [0.3, 0.4) is 0 Å². The molecular formula is C23H25F2N3O4. The largest absolute Gasteiger partial charge is 0.492 e. The second-order valence-corrected chi connectivity index (χ2v) is 9.82. The molecule has 4 aliphatic rings. The number of likely N-dealkylation sites (N-methyl/N-ethyl adjacent to an activating group) is 1. The van der Waals surface area contributed by atoms with E-state index in [-0.39, 0.29) is 39.7 Å². The van der Waals surface area contributed by atoms with Gasteiger partial charge in [-0.1, -0.05) is 0 Å². The number of rotatable bonds is 5. The van der Waals surface area contributed by atoms with E-state index >= 15 is 4.39 Å². The third-order valence-corrected chi connectivity index (χ3v) is 8.50. The summed E-state index contributed by atoms with van der Waals surface area (Å²) in [4.78, 5) is 26.5. The van der Waals surface area contributed by atoms with Crippen LogP contribution in [-0.2, 0) is 0 Å². The van der Waals surface area contributed by atoms with Gasteiger partial charge in [0.15, 0.2) is 11.6 Å². The number of fused-ring (bicyclic) bond motifs is 1. The SMILES string of the molecule is CNC12CCC3CC31CN(c1c(F)cc3c(=O)c(C(=O)O)cn([C@@H]4C[C@@H]4F)c3c1OC)C2. The van der Waals surface area contributed by atoms with E-state index in [1.54, 1.807) is 0 Å². The number of carbonyl (C=O) groups is 1. The van der Waals surface area contributed by atoms with Gasteiger partial charge >= 0.3 is 5.97 Å². The lowest BCUT2D eigenvalue weighted by atomic mass is 9.85. The second-order valence-electron chi connectivity index (χ2n) is 9.82. The Morgan fingerprint density at radius 2 is 2.12 bits per heavy atom. The molecule has 0 bridgehead atoms. The third kappa shape index (κ3) is 2.32. The van der Waals surface area contributed by atoms with Gasteiger partial charge in [-0.3, -0.25) is 4.79 Å². The van der Waals surface area contributed by atoms with Crippen LogP contribution in [0.1, 0.15) is 42.1 Å². The summed E-state index contributed by atoms with van der Waals surface area (Å²) in [6.45, 7) is 1.30. The number of nitrogens with one attached hydrogen (secondary N) is 1. The van der Waals surface area contributed by atoms with Crippen molar-refractivity contribution in [1.82, 2.24) is 9.88 Å². The standard InChI is InChI=1S/C23H25F2N3O4/c1-26-23-4-3-11-7-22(11,23)9-27(10-23)18-15(25)5-12-17(20(18)32-2)28(16-6-14(16)24)8-13(19(12)29)21(30)31/h5,8,11,14,16,26H,3-4,6-7,9-10H2,1-2H3,(H,30,31)/t11?,14-,16+,22?,23?/m0/s1. The Kier molecular flexibility index (Phi) is 3.88. The first kappa shape index (κ1) is 20.0. The summed E-state index contributed by atoms with van der Waals surface area (Å²) in [7, 11) is 3.36. The van der Waals surface area contributed by atoms with Crippen molar-refractivity contribution in [3.8, 4) is 5.75 Å². The van der Waals surface area contributed by atoms with E-state index in [9.17, 15) is 19.1 Å². The first-order chi connectivity index (χ1) is 15.3. The zero-order valence-electron chi connectivity index (χ0n) is 18.0. The molecule has 2 N–H and O–H groups in total. The summed E-state index contributed by atoms with van der Waals surface area (Å²) in [5, 5.41) is 12.9. The van der Waals surface area contributed by atoms with Gasteiger partial charge in [0.1, 0.15) is 17.4 Å². The molecule has 1 saturated heterocycles. The molecule has 32 heavy (non-hydrogen) atoms. The zero-order chi connectivity index (χ0) is 22.6. The van der Waals surface area contributed by atoms with E-state index in [2.05, 4.69) is 5.32 Å². The van der Waals surface area contributed by atoms with Crippen molar-refractivity contribution >= 4 is 22.6 Å². The number of aromatic nitrogens is 1. The fourth-order valence-corrected chi connectivity index (χ4v) is 6.71. The molecule has 2 aromatic rings. The topological polar surface area (TPSA) is 83.8 Å². The molecule has 9 heteroatoms. The Morgan fingerprint density at radius 1 is 1.38 bits per heavy atom. The van der Waals surface area contributed by atoms with E-state index in [0.29, 0.717) is 19.0 Å². The van der Waals surface area contributed by atoms with Gasteiger partial charge in [0.05, 0.1) is 24.1 Å². The summed E-state index contributed by atoms with van der Waals surface area (Å²) >= 11 is 0. The zero-order valence-corrected chi connectivity index (χ0v) is 18.0. The van der Waals surface area contributed by atoms with Crippen molar-refractivity contribution in [2.75, 3.05) is 32.1 Å². The molecule has 4 fully saturated rings. The quantitative estimate of drug-likeness (QED) is 0.737. The first-order valence-electron chi connectivity index (χ1n) is 11.0. The monoisotopic (exact) mass is 445 g/mol. The lowest BCUT2D eigenvalue weighted by Crippen LogP contribution is -2.49. The molecule has 3 unspecified atom stereocenters. The molecule has 0 amide bonds. The highest BCUT2D eigenvalue weighted by molar-refractivity contribution is 5.97. The molecule has 6 rings (SSSR count). The molecule has 5 atom stereocenters. The maximum atomic E-state index is 15.6. The lowest BCUT2D eigenvalue weighted by Gasteiger charge is -2.31. The minimum Gasteiger partial charge on any atom is -0.492 e. The number of hydrogen-bond donors (Lipinski definition) is 2. The number of carboxylic acids is 1. The highest BCUT2D eigenvalue weighted by Gasteiger charge is 2.73. The third-order valence-electron chi connectivity index (χ3n) is 8.50. The van der Waals surface area contributed by atoms with E-state index < -0.39 is 35.0 Å². The first-order valence-corrected chi connectivity index (χ1v) is 11.0. The van der Waals surface area contributed by atoms with Crippen LogP contribution in [0.25, 0.3) is 10.9 Å². The molecule has 3 saturated carbocycles. The highest BCUT2D eigenvalue weighted by Crippen LogP contribution is 2.71. The van der Waals surface area contributed by atoms with Crippen molar-refractivity contribution in [3.63, 3.8) is 0 Å². The summed E-state index contributed by atoms with van der Waals surface area (Å²) < 4.78 is 36.8. The summed E-state index contributed by atoms with van der Waals surface area (Å²) in [6.07, 6.45) is 3.55. The van der Waals surface area contributed by atoms with E-state index in [1.807, 2.05) is 11.9 Å². The fraction of sp³-hybridized carbons (Fsp3) is 0.565. The van der Waals surface area contributed by atoms with Gasteiger partial charge in [0, 0.05) is 36.7 Å². The van der Waals surface area contributed by atoms with Crippen molar-refractivity contribution in [2.24, 2.45) is 11.3 Å². The van der Waals surface area contributed by atoms with Crippen molar-refractivity contribution in [3.05, 3.63) is 33.9 Å². The van der Waals surface area contributed by atoms with Gasteiger partial charge in [-0.25, -0.2) is 13.6 Å². The molecule has 7 nitrogen and oxygen atoms in total. The molecule has 1 aliphatic heterocycles. The van der Waals surface area contributed by atoms with Crippen LogP contribution >= 0.6 is 0 Å². The molecule has 0 radical (unpaired) electrons. The van der Waals surface area contributed by atoms with E-state index in [4.69, 9.17) is 4.74 Å². The number of hydrogen-bond acceptors (Lipinski definition) is 5. The molecule has 1 aromatic heterocycles. The predicted octanol–water partition coefficient (Wildman–Crippen LogP) is 2.71. The number of pyridine rings is 1. The minimum absolute atomic E-state index is 0.0859. The number of nitrogens with zero attached hydrogens (tertiary/aromatic N) is 2. The Labute approximate surface area is 183 Å². The van der Waals surface area contributed by atoms with Crippen molar-refractivity contribution in [1.29, 1.82) is 0 Å². The number of ether oxygens (including phenoxy) is 1. The van der Waals surface area contributed by atoms with Gasteiger partial charge in [0.25, 0.3) is 0 Å². The Morgan fingerprint density at radius 3 is 2.69 bits per heavy atom. The van der Waals surface area contributed by atoms with E-state index in [1.165, 1.54) is 24.3 Å². The average Bonchev–Trinajstić information content (AvgIpc) is 3.59.